The molecular weight excluding hydrogens is 531 g/mol. The molecule has 0 N–H and O–H groups in total. The van der Waals surface area contributed by atoms with E-state index in [1.54, 1.807) is 0 Å². The van der Waals surface area contributed by atoms with Gasteiger partial charge in [0.1, 0.15) is 5.69 Å². The van der Waals surface area contributed by atoms with Crippen LogP contribution < -0.4 is 15.9 Å². The number of hydrogen-bond acceptors (Lipinski definition) is 3. The Morgan fingerprint density at radius 3 is 1.83 bits per heavy atom. The molecule has 0 saturated heterocycles. The van der Waals surface area contributed by atoms with Crippen molar-refractivity contribution in [3.8, 4) is 0 Å². The van der Waals surface area contributed by atoms with Crippen LogP contribution in [0, 0.1) is 5.41 Å². The van der Waals surface area contributed by atoms with E-state index in [0.29, 0.717) is 5.69 Å². The quantitative estimate of drug-likeness (QED) is 0.185. The summed E-state index contributed by atoms with van der Waals surface area (Å²) in [4.78, 5) is 12.4. The molecule has 0 unspecified atom stereocenters. The first kappa shape index (κ1) is 24.8. The number of nitrogens with zero attached hydrogens (tertiary/aromatic N) is 2. The molecule has 5 rings (SSSR count). The predicted octanol–water partition coefficient (Wildman–Crippen LogP) is 6.39. The zero-order valence-corrected chi connectivity index (χ0v) is 22.9. The molecule has 1 aromatic heterocycles. The summed E-state index contributed by atoms with van der Waals surface area (Å²) in [5, 5.41) is 3.78. The molecule has 0 spiro atoms. The van der Waals surface area contributed by atoms with E-state index in [2.05, 4.69) is 107 Å². The van der Waals surface area contributed by atoms with Gasteiger partial charge < -0.3 is 9.30 Å². The number of carbonyl (C=O) groups is 1. The molecule has 1 aliphatic carbocycles. The number of aromatic nitrogens is 1. The van der Waals surface area contributed by atoms with Crippen LogP contribution in [0.4, 0.5) is 0 Å². The number of ether oxygens (including phenoxy) is 1. The lowest BCUT2D eigenvalue weighted by Gasteiger charge is -2.42. The van der Waals surface area contributed by atoms with Crippen LogP contribution in [0.25, 0.3) is 0 Å². The molecule has 0 bridgehead atoms. The highest BCUT2D eigenvalue weighted by molar-refractivity contribution is 9.10. The van der Waals surface area contributed by atoms with Gasteiger partial charge in [-0.25, -0.2) is 4.79 Å². The van der Waals surface area contributed by atoms with Crippen LogP contribution in [-0.2, 0) is 11.3 Å². The summed E-state index contributed by atoms with van der Waals surface area (Å²) in [5.41, 5.74) is 0.580. The van der Waals surface area contributed by atoms with Gasteiger partial charge in [0.05, 0.1) is 14.2 Å². The Hall–Kier alpha value is -2.88. The van der Waals surface area contributed by atoms with Gasteiger partial charge >= 0.3 is 5.97 Å². The maximum atomic E-state index is 12.4. The summed E-state index contributed by atoms with van der Waals surface area (Å²) in [6.07, 6.45) is 5.34. The van der Waals surface area contributed by atoms with Crippen molar-refractivity contribution >= 4 is 44.9 Å². The molecule has 4 nitrogen and oxygen atoms in total. The lowest BCUT2D eigenvalue weighted by molar-refractivity contribution is 0.0575. The average molecular weight is 561 g/mol. The fraction of sp³-hybridized carbons (Fsp3) is 0.233. The number of rotatable bonds is 8. The van der Waals surface area contributed by atoms with E-state index in [1.807, 2.05) is 16.8 Å². The second-order valence-electron chi connectivity index (χ2n) is 9.46. The first-order valence-corrected chi connectivity index (χ1v) is 14.8. The van der Waals surface area contributed by atoms with Gasteiger partial charge in [-0.15, -0.1) is 0 Å². The van der Waals surface area contributed by atoms with Gasteiger partial charge in [0.25, 0.3) is 0 Å². The molecule has 1 fully saturated rings. The third-order valence-electron chi connectivity index (χ3n) is 7.19. The van der Waals surface area contributed by atoms with Crippen molar-refractivity contribution in [2.75, 3.05) is 13.7 Å². The molecule has 3 aromatic carbocycles. The molecule has 0 radical (unpaired) electrons. The molecule has 4 aromatic rings. The minimum atomic E-state index is -2.25. The third kappa shape index (κ3) is 4.75. The van der Waals surface area contributed by atoms with Crippen LogP contribution in [-0.4, -0.2) is 24.2 Å². The van der Waals surface area contributed by atoms with Gasteiger partial charge in [-0.1, -0.05) is 97.4 Å². The number of carbonyl (C=O) groups excluding carboxylic acids is 1. The largest absolute Gasteiger partial charge is 0.464 e. The number of esters is 1. The summed E-state index contributed by atoms with van der Waals surface area (Å²) < 4.78 is 13.7. The monoisotopic (exact) mass is 560 g/mol. The highest BCUT2D eigenvalue weighted by atomic mass is 79.9. The standard InChI is InChI=1S/C30H30BrN2O2P/c1-35-29(34)28-20-24(31)21-33(28)23-30(18-11-19-30)22-32-36(25-12-5-2-6-13-25,26-14-7-3-8-15-26)27-16-9-4-10-17-27/h2-10,12-17,20-21H,11,18-19,22-23H2,1H3. The number of hydrogen-bond donors (Lipinski definition) is 0. The molecule has 36 heavy (non-hydrogen) atoms. The Labute approximate surface area is 221 Å². The third-order valence-corrected chi connectivity index (χ3v) is 11.3. The summed E-state index contributed by atoms with van der Waals surface area (Å²) in [5.74, 6) is -0.313. The van der Waals surface area contributed by atoms with Crippen molar-refractivity contribution in [1.82, 2.24) is 4.57 Å². The molecule has 0 amide bonds. The number of methoxy groups -OCH3 is 1. The van der Waals surface area contributed by atoms with Gasteiger partial charge in [0.15, 0.2) is 0 Å². The maximum absolute atomic E-state index is 12.4. The van der Waals surface area contributed by atoms with Crippen LogP contribution in [0.3, 0.4) is 0 Å². The van der Waals surface area contributed by atoms with Gasteiger partial charge in [-0.2, -0.15) is 0 Å². The van der Waals surface area contributed by atoms with Crippen molar-refractivity contribution < 1.29 is 9.53 Å². The zero-order chi connectivity index (χ0) is 25.0. The van der Waals surface area contributed by atoms with Gasteiger partial charge in [0, 0.05) is 45.1 Å². The van der Waals surface area contributed by atoms with Crippen molar-refractivity contribution in [2.45, 2.75) is 25.8 Å². The van der Waals surface area contributed by atoms with Crippen LogP contribution in [0.1, 0.15) is 29.8 Å². The highest BCUT2D eigenvalue weighted by Gasteiger charge is 2.39. The molecule has 1 aliphatic rings. The van der Waals surface area contributed by atoms with E-state index in [4.69, 9.17) is 9.48 Å². The smallest absolute Gasteiger partial charge is 0.354 e. The number of halogens is 1. The van der Waals surface area contributed by atoms with Crippen molar-refractivity contribution in [1.29, 1.82) is 0 Å². The fourth-order valence-electron chi connectivity index (χ4n) is 5.16. The van der Waals surface area contributed by atoms with Crippen LogP contribution in [0.15, 0.2) is 112 Å². The highest BCUT2D eigenvalue weighted by Crippen LogP contribution is 2.50. The van der Waals surface area contributed by atoms with Crippen molar-refractivity contribution in [3.63, 3.8) is 0 Å². The Bertz CT molecular complexity index is 1280. The van der Waals surface area contributed by atoms with Crippen molar-refractivity contribution in [3.05, 3.63) is 113 Å². The van der Waals surface area contributed by atoms with E-state index in [0.717, 1.165) is 30.4 Å². The van der Waals surface area contributed by atoms with Crippen LogP contribution in [0.2, 0.25) is 0 Å². The molecule has 1 heterocycles. The number of benzene rings is 3. The Balaban J connectivity index is 1.64. The van der Waals surface area contributed by atoms with E-state index in [-0.39, 0.29) is 11.4 Å². The minimum absolute atomic E-state index is 0.00478. The molecule has 184 valence electrons. The second kappa shape index (κ2) is 10.6. The Morgan fingerprint density at radius 2 is 1.42 bits per heavy atom. The van der Waals surface area contributed by atoms with Crippen molar-refractivity contribution in [2.24, 2.45) is 10.2 Å². The SMILES string of the molecule is COC(=O)c1cc(Br)cn1CC1(CN=P(c2ccccc2)(c2ccccc2)c2ccccc2)CCC1. The lowest BCUT2D eigenvalue weighted by atomic mass is 9.68. The Kier molecular flexibility index (Phi) is 7.32. The summed E-state index contributed by atoms with van der Waals surface area (Å²) in [7, 11) is -0.819. The van der Waals surface area contributed by atoms with E-state index < -0.39 is 7.05 Å². The zero-order valence-electron chi connectivity index (χ0n) is 20.4. The van der Waals surface area contributed by atoms with Crippen LogP contribution in [0.5, 0.6) is 0 Å². The first-order valence-electron chi connectivity index (χ1n) is 12.3. The van der Waals surface area contributed by atoms with Crippen LogP contribution >= 0.6 is 23.0 Å². The van der Waals surface area contributed by atoms with Gasteiger partial charge in [-0.05, 0) is 34.8 Å². The molecule has 0 atom stereocenters. The van der Waals surface area contributed by atoms with Gasteiger partial charge in [-0.3, -0.25) is 4.74 Å². The van der Waals surface area contributed by atoms with E-state index in [9.17, 15) is 4.79 Å². The molecule has 0 aliphatic heterocycles. The summed E-state index contributed by atoms with van der Waals surface area (Å²) >= 11 is 3.54. The predicted molar refractivity (Wildman–Crippen MR) is 152 cm³/mol. The average Bonchev–Trinajstić information content (AvgIpc) is 3.28. The molecule has 6 heteroatoms. The Morgan fingerprint density at radius 1 is 0.917 bits per heavy atom. The molecular formula is C30H30BrN2O2P. The second-order valence-corrected chi connectivity index (χ2v) is 13.5. The van der Waals surface area contributed by atoms with E-state index >= 15 is 0 Å². The lowest BCUT2D eigenvalue weighted by Crippen LogP contribution is -2.38. The summed E-state index contributed by atoms with van der Waals surface area (Å²) in [6, 6.07) is 34.1. The topological polar surface area (TPSA) is 43.6 Å². The molecule has 1 saturated carbocycles. The maximum Gasteiger partial charge on any atom is 0.354 e. The summed E-state index contributed by atoms with van der Waals surface area (Å²) in [6.45, 7) is 1.47. The minimum Gasteiger partial charge on any atom is -0.464 e. The van der Waals surface area contributed by atoms with E-state index in [1.165, 1.54) is 29.4 Å². The van der Waals surface area contributed by atoms with Gasteiger partial charge in [0.2, 0.25) is 0 Å². The first-order chi connectivity index (χ1) is 17.6. The normalized spacial score (nSPS) is 14.6. The fourth-order valence-corrected chi connectivity index (χ4v) is 9.34.